The van der Waals surface area contributed by atoms with Gasteiger partial charge in [0, 0.05) is 63.7 Å². The largest absolute Gasteiger partial charge is 0.373 e. The van der Waals surface area contributed by atoms with Crippen molar-refractivity contribution < 1.29 is 14.0 Å². The number of piperidine rings is 1. The van der Waals surface area contributed by atoms with Crippen LogP contribution in [0.5, 0.6) is 0 Å². The summed E-state index contributed by atoms with van der Waals surface area (Å²) in [6, 6.07) is 5.75. The van der Waals surface area contributed by atoms with Gasteiger partial charge >= 0.3 is 0 Å². The summed E-state index contributed by atoms with van der Waals surface area (Å²) in [7, 11) is 1.85. The van der Waals surface area contributed by atoms with E-state index in [4.69, 9.17) is 9.97 Å². The molecule has 4 rings (SSSR count). The lowest BCUT2D eigenvalue weighted by Gasteiger charge is -2.32. The molecule has 0 radical (unpaired) electrons. The Balaban J connectivity index is 1.41. The lowest BCUT2D eigenvalue weighted by atomic mass is 9.95. The zero-order chi connectivity index (χ0) is 22.7. The van der Waals surface area contributed by atoms with Crippen molar-refractivity contribution in [3.8, 4) is 0 Å². The molecule has 32 heavy (non-hydrogen) atoms. The Kier molecular flexibility index (Phi) is 6.64. The first kappa shape index (κ1) is 22.1. The van der Waals surface area contributed by atoms with E-state index in [2.05, 4.69) is 15.5 Å². The molecular weight excluding hydrogens is 411 g/mol. The third kappa shape index (κ3) is 5.04. The minimum absolute atomic E-state index is 0.120. The number of rotatable bonds is 5. The second-order valence-corrected chi connectivity index (χ2v) is 8.40. The topological polar surface area (TPSA) is 90.5 Å². The normalized spacial score (nSPS) is 17.0. The van der Waals surface area contributed by atoms with Crippen molar-refractivity contribution in [3.05, 3.63) is 47.2 Å². The number of carbonyl (C=O) groups is 2. The van der Waals surface area contributed by atoms with Crippen molar-refractivity contribution in [3.63, 3.8) is 0 Å². The van der Waals surface area contributed by atoms with E-state index in [0.29, 0.717) is 12.2 Å². The van der Waals surface area contributed by atoms with Gasteiger partial charge in [0.15, 0.2) is 0 Å². The van der Waals surface area contributed by atoms with E-state index in [9.17, 15) is 14.0 Å². The number of nitrogens with one attached hydrogen (secondary N) is 2. The maximum atomic E-state index is 13.1. The Hall–Kier alpha value is -3.07. The number of halogens is 1. The molecule has 1 aromatic heterocycles. The number of amides is 2. The Labute approximate surface area is 187 Å². The number of carbonyl (C=O) groups excluding carboxylic acids is 2. The van der Waals surface area contributed by atoms with Gasteiger partial charge in [0.1, 0.15) is 17.5 Å². The van der Waals surface area contributed by atoms with E-state index < -0.39 is 0 Å². The summed E-state index contributed by atoms with van der Waals surface area (Å²) in [6.07, 6.45) is 2.49. The molecule has 2 amide bonds. The lowest BCUT2D eigenvalue weighted by Crippen LogP contribution is -2.39. The summed E-state index contributed by atoms with van der Waals surface area (Å²) in [4.78, 5) is 37.7. The highest BCUT2D eigenvalue weighted by Gasteiger charge is 2.28. The predicted octanol–water partition coefficient (Wildman–Crippen LogP) is 2.38. The Morgan fingerprint density at radius 2 is 1.84 bits per heavy atom. The predicted molar refractivity (Wildman–Crippen MR) is 120 cm³/mol. The van der Waals surface area contributed by atoms with Gasteiger partial charge < -0.3 is 15.5 Å². The van der Waals surface area contributed by atoms with E-state index in [1.54, 1.807) is 19.1 Å². The van der Waals surface area contributed by atoms with Crippen molar-refractivity contribution in [2.24, 2.45) is 0 Å². The zero-order valence-electron chi connectivity index (χ0n) is 18.5. The number of nitrogens with zero attached hydrogens (tertiary/aromatic N) is 4. The SMILES string of the molecule is CNc1nc(C2CCN(C(C)=O)CC2)nc2c1CN(CC(=O)Nc1ccc(F)cc1)CC2. The van der Waals surface area contributed by atoms with Crippen LogP contribution in [-0.2, 0) is 22.6 Å². The van der Waals surface area contributed by atoms with E-state index in [1.165, 1.54) is 12.1 Å². The maximum absolute atomic E-state index is 13.1. The first-order valence-corrected chi connectivity index (χ1v) is 11.0. The summed E-state index contributed by atoms with van der Waals surface area (Å²) >= 11 is 0. The number of hydrogen-bond acceptors (Lipinski definition) is 6. The van der Waals surface area contributed by atoms with Crippen molar-refractivity contribution in [2.45, 2.75) is 38.6 Å². The minimum atomic E-state index is -0.334. The van der Waals surface area contributed by atoms with Gasteiger partial charge in [-0.1, -0.05) is 0 Å². The monoisotopic (exact) mass is 440 g/mol. The molecule has 2 aromatic rings. The molecule has 0 spiro atoms. The molecule has 1 fully saturated rings. The van der Waals surface area contributed by atoms with Crippen LogP contribution in [-0.4, -0.2) is 64.8 Å². The van der Waals surface area contributed by atoms with Gasteiger partial charge in [0.2, 0.25) is 11.8 Å². The molecule has 170 valence electrons. The number of anilines is 2. The minimum Gasteiger partial charge on any atom is -0.373 e. The smallest absolute Gasteiger partial charge is 0.238 e. The van der Waals surface area contributed by atoms with Crippen LogP contribution >= 0.6 is 0 Å². The van der Waals surface area contributed by atoms with Crippen LogP contribution in [0.4, 0.5) is 15.9 Å². The van der Waals surface area contributed by atoms with Crippen molar-refractivity contribution in [1.29, 1.82) is 0 Å². The second-order valence-electron chi connectivity index (χ2n) is 8.40. The molecule has 3 heterocycles. The van der Waals surface area contributed by atoms with Crippen LogP contribution in [0.25, 0.3) is 0 Å². The molecule has 0 bridgehead atoms. The molecule has 2 N–H and O–H groups in total. The van der Waals surface area contributed by atoms with Crippen LogP contribution in [0, 0.1) is 5.82 Å². The van der Waals surface area contributed by atoms with Gasteiger partial charge in [0.25, 0.3) is 0 Å². The Morgan fingerprint density at radius 3 is 2.50 bits per heavy atom. The third-order valence-corrected chi connectivity index (χ3v) is 6.19. The van der Waals surface area contributed by atoms with Gasteiger partial charge in [-0.25, -0.2) is 14.4 Å². The fourth-order valence-electron chi connectivity index (χ4n) is 4.40. The van der Waals surface area contributed by atoms with Gasteiger partial charge in [0.05, 0.1) is 12.2 Å². The standard InChI is InChI=1S/C23H29FN6O2/c1-15(31)30-11-7-16(8-12-30)22-27-20-9-10-29(13-19(20)23(25-2)28-22)14-21(32)26-18-5-3-17(24)4-6-18/h3-6,16H,7-14H2,1-2H3,(H,26,32)(H,25,27,28). The summed E-state index contributed by atoms with van der Waals surface area (Å²) in [5, 5.41) is 6.01. The van der Waals surface area contributed by atoms with E-state index >= 15 is 0 Å². The molecule has 0 aliphatic carbocycles. The molecule has 1 saturated heterocycles. The lowest BCUT2D eigenvalue weighted by molar-refractivity contribution is -0.129. The average Bonchev–Trinajstić information content (AvgIpc) is 2.80. The van der Waals surface area contributed by atoms with Crippen molar-refractivity contribution in [1.82, 2.24) is 19.8 Å². The zero-order valence-corrected chi connectivity index (χ0v) is 18.5. The van der Waals surface area contributed by atoms with Gasteiger partial charge in [-0.15, -0.1) is 0 Å². The molecule has 2 aliphatic heterocycles. The molecule has 8 nitrogen and oxygen atoms in total. The fraction of sp³-hybridized carbons (Fsp3) is 0.478. The van der Waals surface area contributed by atoms with E-state index in [1.807, 2.05) is 11.9 Å². The van der Waals surface area contributed by atoms with E-state index in [0.717, 1.165) is 61.8 Å². The summed E-state index contributed by atoms with van der Waals surface area (Å²) in [5.74, 6) is 1.55. The molecule has 9 heteroatoms. The first-order valence-electron chi connectivity index (χ1n) is 11.0. The van der Waals surface area contributed by atoms with Gasteiger partial charge in [-0.3, -0.25) is 14.5 Å². The van der Waals surface area contributed by atoms with Crippen LogP contribution in [0.2, 0.25) is 0 Å². The molecule has 0 atom stereocenters. The van der Waals surface area contributed by atoms with Crippen LogP contribution in [0.1, 0.15) is 42.8 Å². The summed E-state index contributed by atoms with van der Waals surface area (Å²) in [6.45, 7) is 4.65. The highest BCUT2D eigenvalue weighted by molar-refractivity contribution is 5.92. The fourth-order valence-corrected chi connectivity index (χ4v) is 4.40. The molecule has 0 unspecified atom stereocenters. The first-order chi connectivity index (χ1) is 15.4. The Morgan fingerprint density at radius 1 is 1.12 bits per heavy atom. The van der Waals surface area contributed by atoms with Crippen molar-refractivity contribution in [2.75, 3.05) is 43.9 Å². The van der Waals surface area contributed by atoms with Crippen LogP contribution in [0.15, 0.2) is 24.3 Å². The maximum Gasteiger partial charge on any atom is 0.238 e. The van der Waals surface area contributed by atoms with Crippen LogP contribution < -0.4 is 10.6 Å². The number of aromatic nitrogens is 2. The number of benzene rings is 1. The third-order valence-electron chi connectivity index (χ3n) is 6.19. The number of likely N-dealkylation sites (tertiary alicyclic amines) is 1. The number of hydrogen-bond donors (Lipinski definition) is 2. The highest BCUT2D eigenvalue weighted by Crippen LogP contribution is 2.30. The Bertz CT molecular complexity index is 971. The number of fused-ring (bicyclic) bond motifs is 1. The van der Waals surface area contributed by atoms with Crippen molar-refractivity contribution >= 4 is 23.3 Å². The van der Waals surface area contributed by atoms with E-state index in [-0.39, 0.29) is 30.1 Å². The summed E-state index contributed by atoms with van der Waals surface area (Å²) < 4.78 is 13.1. The van der Waals surface area contributed by atoms with Gasteiger partial charge in [-0.2, -0.15) is 0 Å². The summed E-state index contributed by atoms with van der Waals surface area (Å²) in [5.41, 5.74) is 2.63. The average molecular weight is 441 g/mol. The molecular formula is C23H29FN6O2. The quantitative estimate of drug-likeness (QED) is 0.742. The van der Waals surface area contributed by atoms with Gasteiger partial charge in [-0.05, 0) is 37.1 Å². The molecule has 0 saturated carbocycles. The van der Waals surface area contributed by atoms with Crippen LogP contribution in [0.3, 0.4) is 0 Å². The highest BCUT2D eigenvalue weighted by atomic mass is 19.1. The second kappa shape index (κ2) is 9.60. The molecule has 1 aromatic carbocycles. The molecule has 2 aliphatic rings.